The zero-order valence-electron chi connectivity index (χ0n) is 11.2. The lowest BCUT2D eigenvalue weighted by Crippen LogP contribution is -2.34. The van der Waals surface area contributed by atoms with Crippen molar-refractivity contribution >= 4 is 0 Å². The van der Waals surface area contributed by atoms with Gasteiger partial charge in [0.2, 0.25) is 0 Å². The van der Waals surface area contributed by atoms with Gasteiger partial charge in [0.25, 0.3) is 0 Å². The number of hydrogen-bond donors (Lipinski definition) is 1. The minimum atomic E-state index is -1.40. The predicted molar refractivity (Wildman–Crippen MR) is 69.2 cm³/mol. The second-order valence-corrected chi connectivity index (χ2v) is 5.44. The molecule has 106 valence electrons. The van der Waals surface area contributed by atoms with E-state index in [0.29, 0.717) is 24.1 Å². The van der Waals surface area contributed by atoms with Gasteiger partial charge in [0.1, 0.15) is 0 Å². The molecule has 0 aliphatic heterocycles. The van der Waals surface area contributed by atoms with E-state index in [4.69, 9.17) is 0 Å². The van der Waals surface area contributed by atoms with Gasteiger partial charge in [-0.15, -0.1) is 0 Å². The third kappa shape index (κ3) is 3.72. The Morgan fingerprint density at radius 1 is 1.11 bits per heavy atom. The summed E-state index contributed by atoms with van der Waals surface area (Å²) in [6.45, 7) is 2.47. The van der Waals surface area contributed by atoms with Crippen LogP contribution in [0.25, 0.3) is 0 Å². The molecule has 1 aliphatic rings. The first kappa shape index (κ1) is 14.4. The molecule has 0 radical (unpaired) electrons. The fraction of sp³-hybridized carbons (Fsp3) is 0.600. The summed E-state index contributed by atoms with van der Waals surface area (Å²) in [7, 11) is 0. The van der Waals surface area contributed by atoms with Crippen LogP contribution in [-0.4, -0.2) is 6.04 Å². The van der Waals surface area contributed by atoms with E-state index in [-0.39, 0.29) is 0 Å². The van der Waals surface area contributed by atoms with Crippen LogP contribution >= 0.6 is 0 Å². The van der Waals surface area contributed by atoms with E-state index in [2.05, 4.69) is 12.2 Å². The Hall–Kier alpha value is -1.03. The highest BCUT2D eigenvalue weighted by molar-refractivity contribution is 5.19. The monoisotopic (exact) mass is 271 g/mol. The Morgan fingerprint density at radius 3 is 2.26 bits per heavy atom. The molecule has 1 N–H and O–H groups in total. The Labute approximate surface area is 112 Å². The number of benzene rings is 1. The van der Waals surface area contributed by atoms with Crippen LogP contribution in [0.2, 0.25) is 0 Å². The number of hydrogen-bond acceptors (Lipinski definition) is 1. The number of halogens is 3. The molecule has 1 saturated carbocycles. The summed E-state index contributed by atoms with van der Waals surface area (Å²) in [4.78, 5) is 0. The molecule has 0 aromatic heterocycles. The fourth-order valence-electron chi connectivity index (χ4n) is 2.79. The molecule has 1 fully saturated rings. The zero-order valence-corrected chi connectivity index (χ0v) is 11.2. The van der Waals surface area contributed by atoms with Gasteiger partial charge in [-0.3, -0.25) is 0 Å². The molecule has 0 heterocycles. The molecule has 1 nitrogen and oxygen atoms in total. The maximum absolute atomic E-state index is 13.1. The van der Waals surface area contributed by atoms with E-state index in [0.717, 1.165) is 12.1 Å². The SMILES string of the molecule is C[C@H](NCc1cc(F)c(F)c(F)c1)C1CCCCC1. The molecular weight excluding hydrogens is 251 g/mol. The Balaban J connectivity index is 1.91. The predicted octanol–water partition coefficient (Wildman–Crippen LogP) is 4.16. The van der Waals surface area contributed by atoms with Crippen LogP contribution in [0.1, 0.15) is 44.6 Å². The van der Waals surface area contributed by atoms with E-state index in [9.17, 15) is 13.2 Å². The Kier molecular flexibility index (Phi) is 4.86. The average molecular weight is 271 g/mol. The molecule has 1 aliphatic carbocycles. The van der Waals surface area contributed by atoms with Crippen molar-refractivity contribution < 1.29 is 13.2 Å². The molecule has 2 rings (SSSR count). The van der Waals surface area contributed by atoms with Crippen molar-refractivity contribution in [3.05, 3.63) is 35.1 Å². The first-order chi connectivity index (χ1) is 9.08. The van der Waals surface area contributed by atoms with Crippen molar-refractivity contribution in [2.45, 2.75) is 51.6 Å². The van der Waals surface area contributed by atoms with Crippen molar-refractivity contribution in [2.75, 3.05) is 0 Å². The summed E-state index contributed by atoms with van der Waals surface area (Å²) in [6.07, 6.45) is 6.24. The second-order valence-electron chi connectivity index (χ2n) is 5.44. The standard InChI is InChI=1S/C15H20F3N/c1-10(12-5-3-2-4-6-12)19-9-11-7-13(16)15(18)14(17)8-11/h7-8,10,12,19H,2-6,9H2,1H3/t10-/m0/s1. The van der Waals surface area contributed by atoms with Crippen LogP contribution in [-0.2, 0) is 6.54 Å². The van der Waals surface area contributed by atoms with Gasteiger partial charge < -0.3 is 5.32 Å². The molecule has 1 aromatic carbocycles. The van der Waals surface area contributed by atoms with Gasteiger partial charge in [-0.25, -0.2) is 13.2 Å². The maximum Gasteiger partial charge on any atom is 0.194 e. The quantitative estimate of drug-likeness (QED) is 0.811. The largest absolute Gasteiger partial charge is 0.310 e. The van der Waals surface area contributed by atoms with Crippen LogP contribution < -0.4 is 5.32 Å². The van der Waals surface area contributed by atoms with Gasteiger partial charge in [0.05, 0.1) is 0 Å². The Morgan fingerprint density at radius 2 is 1.68 bits per heavy atom. The van der Waals surface area contributed by atoms with E-state index in [1.165, 1.54) is 32.1 Å². The Bertz CT molecular complexity index is 404. The van der Waals surface area contributed by atoms with Crippen LogP contribution in [0.15, 0.2) is 12.1 Å². The maximum atomic E-state index is 13.1. The molecule has 0 bridgehead atoms. The van der Waals surface area contributed by atoms with Crippen LogP contribution in [0.5, 0.6) is 0 Å². The van der Waals surface area contributed by atoms with Gasteiger partial charge >= 0.3 is 0 Å². The topological polar surface area (TPSA) is 12.0 Å². The first-order valence-electron chi connectivity index (χ1n) is 6.94. The molecule has 0 unspecified atom stereocenters. The van der Waals surface area contributed by atoms with Crippen molar-refractivity contribution in [1.82, 2.24) is 5.32 Å². The van der Waals surface area contributed by atoms with E-state index in [1.807, 2.05) is 0 Å². The highest BCUT2D eigenvalue weighted by atomic mass is 19.2. The minimum Gasteiger partial charge on any atom is -0.310 e. The average Bonchev–Trinajstić information content (AvgIpc) is 2.43. The second kappa shape index (κ2) is 6.42. The van der Waals surface area contributed by atoms with Crippen molar-refractivity contribution in [3.63, 3.8) is 0 Å². The minimum absolute atomic E-state index is 0.316. The van der Waals surface area contributed by atoms with Crippen molar-refractivity contribution in [1.29, 1.82) is 0 Å². The molecule has 4 heteroatoms. The molecule has 0 saturated heterocycles. The smallest absolute Gasteiger partial charge is 0.194 e. The molecule has 1 aromatic rings. The van der Waals surface area contributed by atoms with Gasteiger partial charge in [-0.05, 0) is 43.4 Å². The molecule has 0 spiro atoms. The van der Waals surface area contributed by atoms with Crippen LogP contribution in [0.4, 0.5) is 13.2 Å². The van der Waals surface area contributed by atoms with Gasteiger partial charge in [-0.1, -0.05) is 19.3 Å². The van der Waals surface area contributed by atoms with Crippen LogP contribution in [0.3, 0.4) is 0 Å². The summed E-state index contributed by atoms with van der Waals surface area (Å²) in [5.41, 5.74) is 0.444. The van der Waals surface area contributed by atoms with Crippen molar-refractivity contribution in [3.8, 4) is 0 Å². The molecular formula is C15H20F3N. The van der Waals surface area contributed by atoms with E-state index < -0.39 is 17.5 Å². The third-order valence-electron chi connectivity index (χ3n) is 4.03. The lowest BCUT2D eigenvalue weighted by Gasteiger charge is -2.28. The van der Waals surface area contributed by atoms with Crippen molar-refractivity contribution in [2.24, 2.45) is 5.92 Å². The van der Waals surface area contributed by atoms with E-state index in [1.54, 1.807) is 0 Å². The summed E-state index contributed by atoms with van der Waals surface area (Å²) >= 11 is 0. The number of rotatable bonds is 4. The van der Waals surface area contributed by atoms with Gasteiger partial charge in [0.15, 0.2) is 17.5 Å². The molecule has 19 heavy (non-hydrogen) atoms. The fourth-order valence-corrected chi connectivity index (χ4v) is 2.79. The molecule has 1 atom stereocenters. The number of nitrogens with one attached hydrogen (secondary N) is 1. The molecule has 0 amide bonds. The summed E-state index contributed by atoms with van der Waals surface area (Å²) in [6, 6.07) is 2.43. The first-order valence-corrected chi connectivity index (χ1v) is 6.94. The van der Waals surface area contributed by atoms with Gasteiger partial charge in [0, 0.05) is 12.6 Å². The normalized spacial score (nSPS) is 18.5. The zero-order chi connectivity index (χ0) is 13.8. The highest BCUT2D eigenvalue weighted by Crippen LogP contribution is 2.26. The third-order valence-corrected chi connectivity index (χ3v) is 4.03. The van der Waals surface area contributed by atoms with Gasteiger partial charge in [-0.2, -0.15) is 0 Å². The van der Waals surface area contributed by atoms with E-state index >= 15 is 0 Å². The summed E-state index contributed by atoms with van der Waals surface area (Å²) < 4.78 is 39.0. The lowest BCUT2D eigenvalue weighted by molar-refractivity contribution is 0.280. The lowest BCUT2D eigenvalue weighted by atomic mass is 9.84. The van der Waals surface area contributed by atoms with Crippen LogP contribution in [0, 0.1) is 23.4 Å². The summed E-state index contributed by atoms with van der Waals surface area (Å²) in [5, 5.41) is 3.29. The highest BCUT2D eigenvalue weighted by Gasteiger charge is 2.19. The summed E-state index contributed by atoms with van der Waals surface area (Å²) in [5.74, 6) is -3.02.